The second kappa shape index (κ2) is 7.12. The molecule has 2 atom stereocenters. The number of fused-ring (bicyclic) bond motifs is 1. The van der Waals surface area contributed by atoms with E-state index in [4.69, 9.17) is 4.74 Å². The Labute approximate surface area is 152 Å². The molecule has 0 aliphatic carbocycles. The molecule has 7 nitrogen and oxygen atoms in total. The summed E-state index contributed by atoms with van der Waals surface area (Å²) in [7, 11) is 0. The lowest BCUT2D eigenvalue weighted by Crippen LogP contribution is -2.37. The van der Waals surface area contributed by atoms with Crippen LogP contribution in [0.4, 0.5) is 19.0 Å². The van der Waals surface area contributed by atoms with Gasteiger partial charge in [0, 0.05) is 19.3 Å². The van der Waals surface area contributed by atoms with E-state index < -0.39 is 18.9 Å². The van der Waals surface area contributed by atoms with Crippen LogP contribution < -0.4 is 10.6 Å². The molecule has 0 amide bonds. The van der Waals surface area contributed by atoms with Gasteiger partial charge in [-0.15, -0.1) is 0 Å². The zero-order valence-electron chi connectivity index (χ0n) is 14.1. The van der Waals surface area contributed by atoms with E-state index in [2.05, 4.69) is 25.6 Å². The summed E-state index contributed by atoms with van der Waals surface area (Å²) >= 11 is 0. The molecule has 10 heteroatoms. The maximum atomic E-state index is 12.4. The van der Waals surface area contributed by atoms with E-state index in [1.807, 2.05) is 28.8 Å². The average molecular weight is 378 g/mol. The Morgan fingerprint density at radius 1 is 1.22 bits per heavy atom. The molecule has 1 aliphatic heterocycles. The summed E-state index contributed by atoms with van der Waals surface area (Å²) < 4.78 is 44.1. The van der Waals surface area contributed by atoms with Gasteiger partial charge < -0.3 is 15.4 Å². The van der Waals surface area contributed by atoms with E-state index in [1.165, 1.54) is 6.20 Å². The summed E-state index contributed by atoms with van der Waals surface area (Å²) in [6.07, 6.45) is 1.78. The molecule has 0 saturated carbocycles. The summed E-state index contributed by atoms with van der Waals surface area (Å²) in [4.78, 5) is 13.1. The summed E-state index contributed by atoms with van der Waals surface area (Å²) in [5.41, 5.74) is 2.17. The van der Waals surface area contributed by atoms with Gasteiger partial charge in [0.2, 0.25) is 0 Å². The van der Waals surface area contributed by atoms with Crippen molar-refractivity contribution in [1.29, 1.82) is 0 Å². The molecule has 1 fully saturated rings. The topological polar surface area (TPSA) is 76.4 Å². The molecule has 1 saturated heterocycles. The zero-order chi connectivity index (χ0) is 18.9. The molecule has 0 radical (unpaired) electrons. The molecule has 4 rings (SSSR count). The average Bonchev–Trinajstić information content (AvgIpc) is 3.26. The third-order valence-electron chi connectivity index (χ3n) is 4.27. The molecule has 4 heterocycles. The highest BCUT2D eigenvalue weighted by molar-refractivity contribution is 5.60. The number of anilines is 1. The highest BCUT2D eigenvalue weighted by Gasteiger charge is 2.34. The van der Waals surface area contributed by atoms with E-state index in [0.717, 1.165) is 11.3 Å². The first-order valence-corrected chi connectivity index (χ1v) is 8.40. The van der Waals surface area contributed by atoms with Crippen LogP contribution in [0.5, 0.6) is 0 Å². The molecule has 1 aliphatic rings. The molecular formula is C17H17F3N6O. The van der Waals surface area contributed by atoms with Crippen molar-refractivity contribution in [2.24, 2.45) is 0 Å². The number of pyridine rings is 1. The highest BCUT2D eigenvalue weighted by Crippen LogP contribution is 2.21. The van der Waals surface area contributed by atoms with Gasteiger partial charge in [-0.25, -0.2) is 9.97 Å². The van der Waals surface area contributed by atoms with Crippen molar-refractivity contribution >= 4 is 11.5 Å². The minimum Gasteiger partial charge on any atom is -0.365 e. The number of imidazole rings is 1. The Bertz CT molecular complexity index is 928. The Hall–Kier alpha value is -2.72. The van der Waals surface area contributed by atoms with Crippen LogP contribution in [-0.2, 0) is 4.74 Å². The molecular weight excluding hydrogens is 361 g/mol. The van der Waals surface area contributed by atoms with E-state index >= 15 is 0 Å². The number of hydrogen-bond donors (Lipinski definition) is 2. The number of alkyl halides is 3. The van der Waals surface area contributed by atoms with Crippen LogP contribution in [0.15, 0.2) is 43.0 Å². The van der Waals surface area contributed by atoms with Gasteiger partial charge in [0.25, 0.3) is 0 Å². The van der Waals surface area contributed by atoms with Crippen molar-refractivity contribution in [3.8, 4) is 11.4 Å². The first-order valence-electron chi connectivity index (χ1n) is 8.40. The fourth-order valence-electron chi connectivity index (χ4n) is 3.05. The van der Waals surface area contributed by atoms with E-state index in [-0.39, 0.29) is 6.04 Å². The van der Waals surface area contributed by atoms with Gasteiger partial charge in [-0.05, 0) is 12.1 Å². The summed E-state index contributed by atoms with van der Waals surface area (Å²) in [6, 6.07) is 5.33. The van der Waals surface area contributed by atoms with Crippen molar-refractivity contribution in [3.63, 3.8) is 0 Å². The van der Waals surface area contributed by atoms with Crippen LogP contribution in [0, 0.1) is 0 Å². The minimum atomic E-state index is -4.35. The molecule has 0 unspecified atom stereocenters. The first-order chi connectivity index (χ1) is 13.0. The molecule has 2 N–H and O–H groups in total. The molecule has 142 valence electrons. The molecule has 0 spiro atoms. The van der Waals surface area contributed by atoms with Gasteiger partial charge in [0.05, 0.1) is 36.4 Å². The van der Waals surface area contributed by atoms with E-state index in [1.54, 1.807) is 12.4 Å². The van der Waals surface area contributed by atoms with E-state index in [0.29, 0.717) is 24.6 Å². The van der Waals surface area contributed by atoms with Crippen LogP contribution in [0.25, 0.3) is 17.0 Å². The predicted octanol–water partition coefficient (Wildman–Crippen LogP) is 2.12. The van der Waals surface area contributed by atoms with Crippen LogP contribution in [0.1, 0.15) is 0 Å². The fourth-order valence-corrected chi connectivity index (χ4v) is 3.05. The van der Waals surface area contributed by atoms with Gasteiger partial charge in [-0.2, -0.15) is 13.2 Å². The Morgan fingerprint density at radius 3 is 2.96 bits per heavy atom. The Kier molecular flexibility index (Phi) is 4.66. The summed E-state index contributed by atoms with van der Waals surface area (Å²) in [6.45, 7) is -0.455. The number of nitrogens with one attached hydrogen (secondary N) is 2. The largest absolute Gasteiger partial charge is 0.411 e. The quantitative estimate of drug-likeness (QED) is 0.708. The van der Waals surface area contributed by atoms with Crippen molar-refractivity contribution < 1.29 is 17.9 Å². The lowest BCUT2D eigenvalue weighted by molar-refractivity contribution is -0.183. The number of halogens is 3. The Balaban J connectivity index is 1.51. The monoisotopic (exact) mass is 378 g/mol. The summed E-state index contributed by atoms with van der Waals surface area (Å²) in [5.74, 6) is 0.465. The van der Waals surface area contributed by atoms with Gasteiger partial charge in [-0.3, -0.25) is 9.38 Å². The van der Waals surface area contributed by atoms with Crippen molar-refractivity contribution in [2.75, 3.05) is 25.0 Å². The number of nitrogens with zero attached hydrogens (tertiary/aromatic N) is 4. The van der Waals surface area contributed by atoms with Crippen LogP contribution in [0.2, 0.25) is 0 Å². The molecule has 0 aromatic carbocycles. The van der Waals surface area contributed by atoms with E-state index in [9.17, 15) is 13.2 Å². The van der Waals surface area contributed by atoms with Crippen molar-refractivity contribution in [2.45, 2.75) is 18.3 Å². The second-order valence-electron chi connectivity index (χ2n) is 6.24. The smallest absolute Gasteiger partial charge is 0.365 e. The maximum Gasteiger partial charge on any atom is 0.411 e. The minimum absolute atomic E-state index is 0.334. The third-order valence-corrected chi connectivity index (χ3v) is 4.27. The highest BCUT2D eigenvalue weighted by atomic mass is 19.4. The predicted molar refractivity (Wildman–Crippen MR) is 92.3 cm³/mol. The number of aromatic nitrogens is 4. The van der Waals surface area contributed by atoms with Crippen LogP contribution in [0.3, 0.4) is 0 Å². The Morgan fingerprint density at radius 2 is 2.11 bits per heavy atom. The zero-order valence-corrected chi connectivity index (χ0v) is 14.1. The van der Waals surface area contributed by atoms with Crippen molar-refractivity contribution in [3.05, 3.63) is 43.0 Å². The molecule has 3 aromatic heterocycles. The lowest BCUT2D eigenvalue weighted by atomic mass is 10.2. The lowest BCUT2D eigenvalue weighted by Gasteiger charge is -2.21. The standard InChI is InChI=1S/C17H17F3N6O/c18-17(19,20)10-27-14-8-21-6-12(14)25-15-9-22-5-11(24-15)13-7-23-16-3-1-2-4-26(13)16/h1-5,7,9,12,14,21H,6,8,10H2,(H,24,25)/t12-,14+/m0/s1. The first kappa shape index (κ1) is 17.7. The molecule has 3 aromatic rings. The third kappa shape index (κ3) is 4.01. The van der Waals surface area contributed by atoms with Crippen LogP contribution >= 0.6 is 0 Å². The summed E-state index contributed by atoms with van der Waals surface area (Å²) in [5, 5.41) is 6.15. The number of ether oxygens (including phenoxy) is 1. The van der Waals surface area contributed by atoms with Gasteiger partial charge >= 0.3 is 6.18 Å². The number of rotatable bonds is 5. The molecule has 0 bridgehead atoms. The molecule has 27 heavy (non-hydrogen) atoms. The van der Waals surface area contributed by atoms with Crippen molar-refractivity contribution in [1.82, 2.24) is 24.7 Å². The van der Waals surface area contributed by atoms with Gasteiger partial charge in [0.15, 0.2) is 0 Å². The second-order valence-corrected chi connectivity index (χ2v) is 6.24. The maximum absolute atomic E-state index is 12.4. The fraction of sp³-hybridized carbons (Fsp3) is 0.353. The SMILES string of the molecule is FC(F)(F)CO[C@@H]1CNC[C@@H]1Nc1cncc(-c2cnc3ccccn23)n1. The van der Waals surface area contributed by atoms with Gasteiger partial charge in [-0.1, -0.05) is 6.07 Å². The van der Waals surface area contributed by atoms with Crippen LogP contribution in [-0.4, -0.2) is 57.4 Å². The number of hydrogen-bond acceptors (Lipinski definition) is 6. The normalized spacial score (nSPS) is 20.3. The van der Waals surface area contributed by atoms with Gasteiger partial charge in [0.1, 0.15) is 23.8 Å².